The first kappa shape index (κ1) is 21.2. The van der Waals surface area contributed by atoms with Gasteiger partial charge in [0.15, 0.2) is 0 Å². The molecule has 2 aromatic carbocycles. The van der Waals surface area contributed by atoms with Gasteiger partial charge in [0.1, 0.15) is 13.2 Å². The molecule has 0 N–H and O–H groups in total. The minimum atomic E-state index is -0.465. The Morgan fingerprint density at radius 2 is 1.18 bits per heavy atom. The van der Waals surface area contributed by atoms with Gasteiger partial charge >= 0.3 is 11.9 Å². The van der Waals surface area contributed by atoms with Crippen LogP contribution in [0.15, 0.2) is 72.8 Å². The van der Waals surface area contributed by atoms with Gasteiger partial charge in [-0.05, 0) is 37.5 Å². The summed E-state index contributed by atoms with van der Waals surface area (Å²) in [7, 11) is 0. The van der Waals surface area contributed by atoms with Crippen LogP contribution in [0, 0.1) is 6.92 Å². The average molecular weight is 378 g/mol. The zero-order valence-corrected chi connectivity index (χ0v) is 16.7. The molecule has 0 fully saturated rings. The number of hydrogen-bond acceptors (Lipinski definition) is 4. The third-order valence-electron chi connectivity index (χ3n) is 4.30. The number of carbonyl (C=O) groups is 2. The van der Waals surface area contributed by atoms with Gasteiger partial charge < -0.3 is 9.47 Å². The molecule has 0 unspecified atom stereocenters. The van der Waals surface area contributed by atoms with Gasteiger partial charge in [-0.2, -0.15) is 0 Å². The molecule has 0 radical (unpaired) electrons. The van der Waals surface area contributed by atoms with E-state index in [0.717, 1.165) is 16.7 Å². The molecule has 0 aliphatic carbocycles. The zero-order valence-electron chi connectivity index (χ0n) is 16.7. The van der Waals surface area contributed by atoms with Gasteiger partial charge in [-0.3, -0.25) is 0 Å². The minimum Gasteiger partial charge on any atom is -0.462 e. The maximum absolute atomic E-state index is 11.7. The van der Waals surface area contributed by atoms with Crippen molar-refractivity contribution < 1.29 is 19.1 Å². The van der Waals surface area contributed by atoms with Crippen molar-refractivity contribution in [3.63, 3.8) is 0 Å². The predicted molar refractivity (Wildman–Crippen MR) is 111 cm³/mol. The predicted octanol–water partition coefficient (Wildman–Crippen LogP) is 4.98. The van der Waals surface area contributed by atoms with Crippen LogP contribution >= 0.6 is 0 Å². The number of carbonyl (C=O) groups excluding carboxylic acids is 2. The smallest absolute Gasteiger partial charge is 0.333 e. The largest absolute Gasteiger partial charge is 0.462 e. The van der Waals surface area contributed by atoms with Crippen LogP contribution in [0.25, 0.3) is 11.1 Å². The van der Waals surface area contributed by atoms with Crippen LogP contribution in [0.3, 0.4) is 0 Å². The Hall–Kier alpha value is -3.14. The molecule has 0 saturated carbocycles. The van der Waals surface area contributed by atoms with Crippen LogP contribution in [0.5, 0.6) is 0 Å². The molecule has 0 amide bonds. The summed E-state index contributed by atoms with van der Waals surface area (Å²) in [6.45, 7) is 12.6. The first-order valence-electron chi connectivity index (χ1n) is 9.10. The number of ether oxygens (including phenoxy) is 2. The maximum atomic E-state index is 11.7. The van der Waals surface area contributed by atoms with Crippen molar-refractivity contribution in [3.8, 4) is 11.1 Å². The van der Waals surface area contributed by atoms with Crippen LogP contribution in [0.1, 0.15) is 30.9 Å². The van der Waals surface area contributed by atoms with Crippen LogP contribution in [0.2, 0.25) is 0 Å². The summed E-state index contributed by atoms with van der Waals surface area (Å²) in [6.07, 6.45) is 0. The van der Waals surface area contributed by atoms with E-state index in [1.165, 1.54) is 5.56 Å². The lowest BCUT2D eigenvalue weighted by atomic mass is 9.97. The highest BCUT2D eigenvalue weighted by Crippen LogP contribution is 2.24. The Balaban J connectivity index is 2.16. The van der Waals surface area contributed by atoms with Crippen molar-refractivity contribution in [1.29, 1.82) is 0 Å². The summed E-state index contributed by atoms with van der Waals surface area (Å²) in [5.74, 6) is -1.21. The molecule has 0 spiro atoms. The van der Waals surface area contributed by atoms with Gasteiger partial charge in [0.25, 0.3) is 0 Å². The van der Waals surface area contributed by atoms with Gasteiger partial charge in [0, 0.05) is 11.1 Å². The van der Waals surface area contributed by atoms with Crippen LogP contribution in [-0.4, -0.2) is 25.2 Å². The summed E-state index contributed by atoms with van der Waals surface area (Å²) in [6, 6.07) is 16.2. The quantitative estimate of drug-likeness (QED) is 0.480. The molecule has 0 heterocycles. The number of aryl methyl sites for hydroxylation is 1. The van der Waals surface area contributed by atoms with Crippen molar-refractivity contribution >= 4 is 11.9 Å². The van der Waals surface area contributed by atoms with Gasteiger partial charge in [-0.15, -0.1) is 0 Å². The van der Waals surface area contributed by atoms with Crippen molar-refractivity contribution in [1.82, 2.24) is 0 Å². The highest BCUT2D eigenvalue weighted by Gasteiger charge is 2.18. The van der Waals surface area contributed by atoms with E-state index in [1.807, 2.05) is 24.3 Å². The molecule has 146 valence electrons. The van der Waals surface area contributed by atoms with Gasteiger partial charge in [0.2, 0.25) is 0 Å². The molecule has 0 bridgehead atoms. The minimum absolute atomic E-state index is 0.0963. The molecule has 4 heteroatoms. The normalized spacial score (nSPS) is 10.4. The van der Waals surface area contributed by atoms with Crippen molar-refractivity contribution in [2.75, 3.05) is 13.2 Å². The molecule has 28 heavy (non-hydrogen) atoms. The third kappa shape index (κ3) is 5.95. The lowest BCUT2D eigenvalue weighted by Gasteiger charge is -2.18. The number of benzene rings is 2. The Labute approximate surface area is 166 Å². The summed E-state index contributed by atoms with van der Waals surface area (Å²) in [4.78, 5) is 23.5. The molecule has 4 nitrogen and oxygen atoms in total. The Bertz CT molecular complexity index is 830. The fourth-order valence-corrected chi connectivity index (χ4v) is 2.53. The molecule has 0 aromatic heterocycles. The number of rotatable bonds is 8. The van der Waals surface area contributed by atoms with Crippen molar-refractivity contribution in [2.45, 2.75) is 26.7 Å². The lowest BCUT2D eigenvalue weighted by molar-refractivity contribution is -0.142. The van der Waals surface area contributed by atoms with E-state index in [1.54, 1.807) is 13.8 Å². The van der Waals surface area contributed by atoms with Crippen LogP contribution in [-0.2, 0) is 19.1 Å². The number of hydrogen-bond donors (Lipinski definition) is 0. The second-order valence-electron chi connectivity index (χ2n) is 6.94. The molecule has 0 aliphatic heterocycles. The Morgan fingerprint density at radius 1 is 0.786 bits per heavy atom. The van der Waals surface area contributed by atoms with Crippen molar-refractivity contribution in [3.05, 3.63) is 84.0 Å². The van der Waals surface area contributed by atoms with Crippen molar-refractivity contribution in [2.24, 2.45) is 0 Å². The molecular weight excluding hydrogens is 352 g/mol. The van der Waals surface area contributed by atoms with E-state index in [2.05, 4.69) is 44.3 Å². The Kier molecular flexibility index (Phi) is 7.33. The summed E-state index contributed by atoms with van der Waals surface area (Å²) >= 11 is 0. The van der Waals surface area contributed by atoms with E-state index in [4.69, 9.17) is 9.47 Å². The summed E-state index contributed by atoms with van der Waals surface area (Å²) in [5, 5.41) is 0. The van der Waals surface area contributed by atoms with E-state index >= 15 is 0 Å². The third-order valence-corrected chi connectivity index (χ3v) is 4.30. The standard InChI is InChI=1S/C24H26O4/c1-16(2)23(25)27-14-22(15-28-24(26)17(3)4)21-12-10-20(11-13-21)19-8-6-18(5)7-9-19/h6-13,22H,1,3,14-15H2,2,4-5H3. The highest BCUT2D eigenvalue weighted by molar-refractivity contribution is 5.87. The van der Waals surface area contributed by atoms with E-state index in [-0.39, 0.29) is 19.1 Å². The maximum Gasteiger partial charge on any atom is 0.333 e. The molecule has 0 aliphatic rings. The zero-order chi connectivity index (χ0) is 20.7. The molecule has 2 aromatic rings. The first-order chi connectivity index (χ1) is 13.3. The number of esters is 2. The Morgan fingerprint density at radius 3 is 1.57 bits per heavy atom. The van der Waals surface area contributed by atoms with E-state index < -0.39 is 11.9 Å². The molecule has 0 saturated heterocycles. The second kappa shape index (κ2) is 9.70. The summed E-state index contributed by atoms with van der Waals surface area (Å²) < 4.78 is 10.6. The lowest BCUT2D eigenvalue weighted by Crippen LogP contribution is -2.20. The SMILES string of the molecule is C=C(C)C(=O)OCC(COC(=O)C(=C)C)c1ccc(-c2ccc(C)cc2)cc1. The van der Waals surface area contributed by atoms with Crippen LogP contribution in [0.4, 0.5) is 0 Å². The van der Waals surface area contributed by atoms with E-state index in [0.29, 0.717) is 11.1 Å². The fraction of sp³-hybridized carbons (Fsp3) is 0.250. The molecule has 2 rings (SSSR count). The topological polar surface area (TPSA) is 52.6 Å². The van der Waals surface area contributed by atoms with Gasteiger partial charge in [0.05, 0.1) is 5.92 Å². The summed E-state index contributed by atoms with van der Waals surface area (Å²) in [5.41, 5.74) is 4.98. The highest BCUT2D eigenvalue weighted by atomic mass is 16.5. The van der Waals surface area contributed by atoms with Crippen LogP contribution < -0.4 is 0 Å². The van der Waals surface area contributed by atoms with Gasteiger partial charge in [-0.25, -0.2) is 9.59 Å². The molecular formula is C24H26O4. The monoisotopic (exact) mass is 378 g/mol. The molecule has 0 atom stereocenters. The second-order valence-corrected chi connectivity index (χ2v) is 6.94. The average Bonchev–Trinajstić information content (AvgIpc) is 2.68. The fourth-order valence-electron chi connectivity index (χ4n) is 2.53. The van der Waals surface area contributed by atoms with E-state index in [9.17, 15) is 9.59 Å². The first-order valence-corrected chi connectivity index (χ1v) is 9.10. The van der Waals surface area contributed by atoms with Gasteiger partial charge in [-0.1, -0.05) is 67.3 Å².